The van der Waals surface area contributed by atoms with Crippen LogP contribution in [-0.4, -0.2) is 17.0 Å². The summed E-state index contributed by atoms with van der Waals surface area (Å²) in [5.41, 5.74) is 3.16. The maximum Gasteiger partial charge on any atom is 0.266 e. The normalized spacial score (nSPS) is 12.2. The van der Waals surface area contributed by atoms with Crippen molar-refractivity contribution in [2.24, 2.45) is 0 Å². The second kappa shape index (κ2) is 7.20. The number of nitrogens with one attached hydrogen (secondary N) is 1. The molecule has 1 atom stereocenters. The predicted octanol–water partition coefficient (Wildman–Crippen LogP) is 5.63. The zero-order valence-corrected chi connectivity index (χ0v) is 16.2. The van der Waals surface area contributed by atoms with Crippen LogP contribution in [0.5, 0.6) is 5.75 Å². The minimum Gasteiger partial charge on any atom is -0.479 e. The van der Waals surface area contributed by atoms with Crippen molar-refractivity contribution in [3.05, 3.63) is 51.5 Å². The van der Waals surface area contributed by atoms with Crippen LogP contribution in [0.3, 0.4) is 0 Å². The molecule has 0 aliphatic rings. The Morgan fingerprint density at radius 2 is 2.00 bits per heavy atom. The summed E-state index contributed by atoms with van der Waals surface area (Å²) >= 11 is 13.4. The van der Waals surface area contributed by atoms with Gasteiger partial charge in [0.05, 0.1) is 15.2 Å². The monoisotopic (exact) mass is 394 g/mol. The Morgan fingerprint density at radius 1 is 1.24 bits per heavy atom. The molecule has 2 aromatic carbocycles. The third-order valence-electron chi connectivity index (χ3n) is 3.63. The van der Waals surface area contributed by atoms with Crippen molar-refractivity contribution in [1.82, 2.24) is 4.98 Å². The number of thiazole rings is 1. The Bertz CT molecular complexity index is 956. The molecule has 0 spiro atoms. The van der Waals surface area contributed by atoms with Crippen LogP contribution in [0.25, 0.3) is 10.2 Å². The first-order valence-electron chi connectivity index (χ1n) is 7.64. The van der Waals surface area contributed by atoms with Crippen molar-refractivity contribution in [3.63, 3.8) is 0 Å². The van der Waals surface area contributed by atoms with E-state index in [4.69, 9.17) is 27.9 Å². The maximum atomic E-state index is 12.4. The number of carbonyl (C=O) groups excluding carboxylic acids is 1. The van der Waals surface area contributed by atoms with Gasteiger partial charge in [-0.05, 0) is 56.2 Å². The smallest absolute Gasteiger partial charge is 0.266 e. The number of anilines is 1. The van der Waals surface area contributed by atoms with Gasteiger partial charge < -0.3 is 4.74 Å². The maximum absolute atomic E-state index is 12.4. The lowest BCUT2D eigenvalue weighted by Crippen LogP contribution is -2.30. The molecule has 0 fully saturated rings. The summed E-state index contributed by atoms with van der Waals surface area (Å²) in [5.74, 6) is 0.115. The van der Waals surface area contributed by atoms with E-state index in [2.05, 4.69) is 22.4 Å². The van der Waals surface area contributed by atoms with Gasteiger partial charge in [0.2, 0.25) is 0 Å². The number of hydrogen-bond acceptors (Lipinski definition) is 4. The Balaban J connectivity index is 1.74. The molecule has 1 amide bonds. The van der Waals surface area contributed by atoms with E-state index < -0.39 is 6.10 Å². The summed E-state index contributed by atoms with van der Waals surface area (Å²) in [7, 11) is 0. The molecule has 4 nitrogen and oxygen atoms in total. The fraction of sp³-hybridized carbons (Fsp3) is 0.222. The van der Waals surface area contributed by atoms with Crippen molar-refractivity contribution in [1.29, 1.82) is 0 Å². The number of benzene rings is 2. The quantitative estimate of drug-likeness (QED) is 0.623. The third kappa shape index (κ3) is 4.06. The van der Waals surface area contributed by atoms with Crippen molar-refractivity contribution < 1.29 is 9.53 Å². The average molecular weight is 395 g/mol. The largest absolute Gasteiger partial charge is 0.479 e. The van der Waals surface area contributed by atoms with Gasteiger partial charge in [0, 0.05) is 5.02 Å². The molecule has 0 aliphatic heterocycles. The first-order valence-corrected chi connectivity index (χ1v) is 9.21. The second-order valence-corrected chi connectivity index (χ2v) is 7.65. The molecule has 3 aromatic rings. The van der Waals surface area contributed by atoms with E-state index in [1.165, 1.54) is 16.9 Å². The number of ether oxygens (including phenoxy) is 1. The summed E-state index contributed by atoms with van der Waals surface area (Å²) in [6.45, 7) is 5.70. The summed E-state index contributed by atoms with van der Waals surface area (Å²) in [6.07, 6.45) is -0.728. The van der Waals surface area contributed by atoms with Crippen molar-refractivity contribution in [3.8, 4) is 5.75 Å². The number of amides is 1. The molecular weight excluding hydrogens is 379 g/mol. The molecule has 1 N–H and O–H groups in total. The molecule has 0 saturated carbocycles. The number of halogens is 2. The topological polar surface area (TPSA) is 51.2 Å². The molecule has 7 heteroatoms. The minimum absolute atomic E-state index is 0.292. The van der Waals surface area contributed by atoms with Gasteiger partial charge in [-0.1, -0.05) is 40.6 Å². The van der Waals surface area contributed by atoms with Gasteiger partial charge in [0.15, 0.2) is 11.2 Å². The molecule has 0 bridgehead atoms. The fourth-order valence-electron chi connectivity index (χ4n) is 2.45. The van der Waals surface area contributed by atoms with Crippen LogP contribution in [0.2, 0.25) is 10.0 Å². The van der Waals surface area contributed by atoms with Crippen molar-refractivity contribution in [2.75, 3.05) is 5.32 Å². The lowest BCUT2D eigenvalue weighted by Gasteiger charge is -2.14. The molecule has 0 unspecified atom stereocenters. The SMILES string of the molecule is Cc1cc(C)c2nc(NC(=O)[C@@H](C)Oc3ccc(Cl)cc3Cl)sc2c1. The highest BCUT2D eigenvalue weighted by molar-refractivity contribution is 7.22. The average Bonchev–Trinajstić information content (AvgIpc) is 2.92. The van der Waals surface area contributed by atoms with Crippen LogP contribution < -0.4 is 10.1 Å². The van der Waals surface area contributed by atoms with Crippen LogP contribution in [0.1, 0.15) is 18.1 Å². The molecule has 0 aliphatic carbocycles. The Kier molecular flexibility index (Phi) is 5.18. The fourth-order valence-corrected chi connectivity index (χ4v) is 3.94. The second-order valence-electron chi connectivity index (χ2n) is 5.77. The third-order valence-corrected chi connectivity index (χ3v) is 5.08. The Morgan fingerprint density at radius 3 is 2.72 bits per heavy atom. The first-order chi connectivity index (χ1) is 11.8. The van der Waals surface area contributed by atoms with E-state index in [1.807, 2.05) is 13.8 Å². The van der Waals surface area contributed by atoms with E-state index in [-0.39, 0.29) is 5.91 Å². The minimum atomic E-state index is -0.728. The molecule has 1 heterocycles. The van der Waals surface area contributed by atoms with E-state index in [0.29, 0.717) is 20.9 Å². The lowest BCUT2D eigenvalue weighted by molar-refractivity contribution is -0.122. The molecule has 25 heavy (non-hydrogen) atoms. The highest BCUT2D eigenvalue weighted by Gasteiger charge is 2.18. The number of hydrogen-bond donors (Lipinski definition) is 1. The lowest BCUT2D eigenvalue weighted by atomic mass is 10.1. The van der Waals surface area contributed by atoms with Crippen molar-refractivity contribution >= 4 is 55.8 Å². The van der Waals surface area contributed by atoms with Crippen LogP contribution >= 0.6 is 34.5 Å². The Hall–Kier alpha value is -1.82. The van der Waals surface area contributed by atoms with Gasteiger partial charge in [0.25, 0.3) is 5.91 Å². The molecule has 1 aromatic heterocycles. The van der Waals surface area contributed by atoms with E-state index in [0.717, 1.165) is 15.8 Å². The van der Waals surface area contributed by atoms with Crippen LogP contribution in [0.4, 0.5) is 5.13 Å². The Labute approximate surface area is 159 Å². The number of aryl methyl sites for hydroxylation is 2. The summed E-state index contributed by atoms with van der Waals surface area (Å²) in [5, 5.41) is 4.22. The molecular formula is C18H16Cl2N2O2S. The number of carbonyl (C=O) groups is 1. The number of nitrogens with zero attached hydrogens (tertiary/aromatic N) is 1. The van der Waals surface area contributed by atoms with Crippen LogP contribution in [0.15, 0.2) is 30.3 Å². The molecule has 0 radical (unpaired) electrons. The zero-order chi connectivity index (χ0) is 18.1. The summed E-state index contributed by atoms with van der Waals surface area (Å²) < 4.78 is 6.67. The zero-order valence-electron chi connectivity index (χ0n) is 13.9. The molecule has 0 saturated heterocycles. The predicted molar refractivity (Wildman–Crippen MR) is 104 cm³/mol. The van der Waals surface area contributed by atoms with Gasteiger partial charge in [-0.2, -0.15) is 0 Å². The van der Waals surface area contributed by atoms with E-state index in [9.17, 15) is 4.79 Å². The van der Waals surface area contributed by atoms with Crippen LogP contribution in [0, 0.1) is 13.8 Å². The molecule has 3 rings (SSSR count). The van der Waals surface area contributed by atoms with Crippen molar-refractivity contribution in [2.45, 2.75) is 26.9 Å². The summed E-state index contributed by atoms with van der Waals surface area (Å²) in [6, 6.07) is 9.00. The number of rotatable bonds is 4. The standard InChI is InChI=1S/C18H16Cl2N2O2S/c1-9-6-10(2)16-15(7-9)25-18(21-16)22-17(23)11(3)24-14-5-4-12(19)8-13(14)20/h4-8,11H,1-3H3,(H,21,22,23)/t11-/m1/s1. The van der Waals surface area contributed by atoms with Gasteiger partial charge >= 0.3 is 0 Å². The number of aromatic nitrogens is 1. The molecule has 130 valence electrons. The van der Waals surface area contributed by atoms with Gasteiger partial charge in [0.1, 0.15) is 5.75 Å². The van der Waals surface area contributed by atoms with E-state index in [1.54, 1.807) is 25.1 Å². The van der Waals surface area contributed by atoms with Crippen LogP contribution in [-0.2, 0) is 4.79 Å². The highest BCUT2D eigenvalue weighted by Crippen LogP contribution is 2.30. The summed E-state index contributed by atoms with van der Waals surface area (Å²) in [4.78, 5) is 16.9. The van der Waals surface area contributed by atoms with Gasteiger partial charge in [-0.15, -0.1) is 0 Å². The number of fused-ring (bicyclic) bond motifs is 1. The first kappa shape index (κ1) is 18.0. The van der Waals surface area contributed by atoms with E-state index >= 15 is 0 Å². The highest BCUT2D eigenvalue weighted by atomic mass is 35.5. The van der Waals surface area contributed by atoms with Gasteiger partial charge in [-0.25, -0.2) is 4.98 Å². The van der Waals surface area contributed by atoms with Gasteiger partial charge in [-0.3, -0.25) is 10.1 Å².